The van der Waals surface area contributed by atoms with E-state index < -0.39 is 0 Å². The Morgan fingerprint density at radius 3 is 2.82 bits per heavy atom. The minimum absolute atomic E-state index is 0.0995. The van der Waals surface area contributed by atoms with E-state index >= 15 is 0 Å². The lowest BCUT2D eigenvalue weighted by atomic mass is 10.1. The lowest BCUT2D eigenvalue weighted by Gasteiger charge is -2.02. The third kappa shape index (κ3) is 2.51. The van der Waals surface area contributed by atoms with Gasteiger partial charge in [0.2, 0.25) is 0 Å². The van der Waals surface area contributed by atoms with E-state index in [4.69, 9.17) is 9.63 Å². The molecule has 2 N–H and O–H groups in total. The highest BCUT2D eigenvalue weighted by Gasteiger charge is 2.16. The average Bonchev–Trinajstić information content (AvgIpc) is 2.86. The van der Waals surface area contributed by atoms with Crippen LogP contribution in [0.1, 0.15) is 10.4 Å². The second-order valence-electron chi connectivity index (χ2n) is 3.41. The molecule has 0 radical (unpaired) electrons. The zero-order valence-electron chi connectivity index (χ0n) is 9.09. The number of nitrogens with one attached hydrogen (secondary N) is 1. The highest BCUT2D eigenvalue weighted by Crippen LogP contribution is 2.22. The quantitative estimate of drug-likeness (QED) is 0.826. The summed E-state index contributed by atoms with van der Waals surface area (Å²) in [5, 5.41) is 14.8. The van der Waals surface area contributed by atoms with Crippen molar-refractivity contribution in [3.8, 4) is 11.3 Å². The Morgan fingerprint density at radius 1 is 1.35 bits per heavy atom. The molecule has 0 aliphatic carbocycles. The van der Waals surface area contributed by atoms with Gasteiger partial charge in [-0.25, -0.2) is 0 Å². The minimum atomic E-state index is -0.306. The molecule has 0 aliphatic rings. The summed E-state index contributed by atoms with van der Waals surface area (Å²) in [6.07, 6.45) is 1.37. The van der Waals surface area contributed by atoms with Crippen molar-refractivity contribution in [1.29, 1.82) is 0 Å². The van der Waals surface area contributed by atoms with E-state index in [1.54, 1.807) is 0 Å². The maximum atomic E-state index is 11.7. The molecule has 0 spiro atoms. The molecule has 5 nitrogen and oxygen atoms in total. The summed E-state index contributed by atoms with van der Waals surface area (Å²) in [7, 11) is 0. The molecule has 1 heterocycles. The Labute approximate surface area is 98.1 Å². The molecule has 2 aromatic rings. The molecule has 5 heteroatoms. The summed E-state index contributed by atoms with van der Waals surface area (Å²) >= 11 is 0. The molecule has 1 aromatic heterocycles. The van der Waals surface area contributed by atoms with Gasteiger partial charge in [0, 0.05) is 12.1 Å². The molecular weight excluding hydrogens is 220 g/mol. The fourth-order valence-corrected chi connectivity index (χ4v) is 1.46. The van der Waals surface area contributed by atoms with Crippen LogP contribution in [0.4, 0.5) is 0 Å². The van der Waals surface area contributed by atoms with Crippen LogP contribution in [0, 0.1) is 0 Å². The number of aromatic nitrogens is 1. The monoisotopic (exact) mass is 232 g/mol. The maximum absolute atomic E-state index is 11.7. The minimum Gasteiger partial charge on any atom is -0.395 e. The second-order valence-corrected chi connectivity index (χ2v) is 3.41. The summed E-state index contributed by atoms with van der Waals surface area (Å²) in [4.78, 5) is 11.7. The second kappa shape index (κ2) is 5.27. The van der Waals surface area contributed by atoms with Gasteiger partial charge in [-0.2, -0.15) is 0 Å². The molecule has 0 saturated heterocycles. The van der Waals surface area contributed by atoms with E-state index in [1.807, 2.05) is 30.3 Å². The Kier molecular flexibility index (Phi) is 3.52. The lowest BCUT2D eigenvalue weighted by Crippen LogP contribution is -2.26. The molecule has 0 saturated carbocycles. The van der Waals surface area contributed by atoms with Crippen LogP contribution in [-0.4, -0.2) is 29.3 Å². The number of rotatable bonds is 4. The number of nitrogens with zero attached hydrogens (tertiary/aromatic N) is 1. The van der Waals surface area contributed by atoms with Gasteiger partial charge in [0.05, 0.1) is 12.8 Å². The first-order chi connectivity index (χ1) is 8.33. The average molecular weight is 232 g/mol. The molecule has 1 amide bonds. The lowest BCUT2D eigenvalue weighted by molar-refractivity contribution is 0.0945. The Balaban J connectivity index is 2.26. The number of hydrogen-bond donors (Lipinski definition) is 2. The zero-order valence-corrected chi connectivity index (χ0v) is 9.09. The molecule has 0 aliphatic heterocycles. The van der Waals surface area contributed by atoms with Crippen molar-refractivity contribution in [2.45, 2.75) is 0 Å². The van der Waals surface area contributed by atoms with E-state index in [-0.39, 0.29) is 19.1 Å². The summed E-state index contributed by atoms with van der Waals surface area (Å²) in [5.74, 6) is 0.125. The third-order valence-corrected chi connectivity index (χ3v) is 2.25. The molecular formula is C12H12N2O3. The normalized spacial score (nSPS) is 10.2. The van der Waals surface area contributed by atoms with Gasteiger partial charge >= 0.3 is 0 Å². The van der Waals surface area contributed by atoms with E-state index in [1.165, 1.54) is 6.20 Å². The van der Waals surface area contributed by atoms with Crippen molar-refractivity contribution < 1.29 is 14.4 Å². The number of hydrogen-bond acceptors (Lipinski definition) is 4. The van der Waals surface area contributed by atoms with E-state index in [9.17, 15) is 4.79 Å². The van der Waals surface area contributed by atoms with E-state index in [2.05, 4.69) is 10.5 Å². The van der Waals surface area contributed by atoms with Crippen molar-refractivity contribution in [2.24, 2.45) is 0 Å². The van der Waals surface area contributed by atoms with Crippen LogP contribution >= 0.6 is 0 Å². The molecule has 0 bridgehead atoms. The first kappa shape index (κ1) is 11.3. The van der Waals surface area contributed by atoms with Crippen LogP contribution < -0.4 is 5.32 Å². The van der Waals surface area contributed by atoms with Crippen molar-refractivity contribution >= 4 is 5.91 Å². The summed E-state index contributed by atoms with van der Waals surface area (Å²) in [5.41, 5.74) is 1.16. The first-order valence-corrected chi connectivity index (χ1v) is 5.22. The van der Waals surface area contributed by atoms with Crippen LogP contribution in [0.2, 0.25) is 0 Å². The topological polar surface area (TPSA) is 75.4 Å². The third-order valence-electron chi connectivity index (χ3n) is 2.25. The number of amides is 1. The van der Waals surface area contributed by atoms with E-state index in [0.29, 0.717) is 11.3 Å². The van der Waals surface area contributed by atoms with Crippen molar-refractivity contribution in [2.75, 3.05) is 13.2 Å². The van der Waals surface area contributed by atoms with Gasteiger partial charge in [-0.3, -0.25) is 4.79 Å². The smallest absolute Gasteiger partial charge is 0.256 e. The molecule has 1 aromatic carbocycles. The highest BCUT2D eigenvalue weighted by atomic mass is 16.5. The van der Waals surface area contributed by atoms with Gasteiger partial charge < -0.3 is 14.9 Å². The Morgan fingerprint density at radius 2 is 2.12 bits per heavy atom. The van der Waals surface area contributed by atoms with Crippen molar-refractivity contribution in [1.82, 2.24) is 10.5 Å². The number of aliphatic hydroxyl groups excluding tert-OH is 1. The fraction of sp³-hybridized carbons (Fsp3) is 0.167. The number of carbonyl (C=O) groups excluding carboxylic acids is 1. The van der Waals surface area contributed by atoms with Gasteiger partial charge in [-0.1, -0.05) is 35.5 Å². The number of carbonyl (C=O) groups is 1. The Bertz CT molecular complexity index is 493. The highest BCUT2D eigenvalue weighted by molar-refractivity contribution is 5.99. The van der Waals surface area contributed by atoms with Crippen LogP contribution in [0.25, 0.3) is 11.3 Å². The largest absolute Gasteiger partial charge is 0.395 e. The van der Waals surface area contributed by atoms with Gasteiger partial charge in [-0.15, -0.1) is 0 Å². The fourth-order valence-electron chi connectivity index (χ4n) is 1.46. The van der Waals surface area contributed by atoms with Crippen LogP contribution in [-0.2, 0) is 0 Å². The summed E-state index contributed by atoms with van der Waals surface area (Å²) in [6.45, 7) is 0.107. The van der Waals surface area contributed by atoms with Crippen molar-refractivity contribution in [3.05, 3.63) is 42.1 Å². The maximum Gasteiger partial charge on any atom is 0.256 e. The molecule has 2 rings (SSSR count). The van der Waals surface area contributed by atoms with Gasteiger partial charge in [0.25, 0.3) is 5.91 Å². The van der Waals surface area contributed by atoms with Crippen LogP contribution in [0.3, 0.4) is 0 Å². The number of aliphatic hydroxyl groups is 1. The predicted molar refractivity (Wildman–Crippen MR) is 61.4 cm³/mol. The van der Waals surface area contributed by atoms with Crippen molar-refractivity contribution in [3.63, 3.8) is 0 Å². The standard InChI is InChI=1S/C12H12N2O3/c15-7-6-13-12(16)10-8-14-17-11(10)9-4-2-1-3-5-9/h1-5,8,15H,6-7H2,(H,13,16). The van der Waals surface area contributed by atoms with Gasteiger partial charge in [-0.05, 0) is 0 Å². The SMILES string of the molecule is O=C(NCCO)c1cnoc1-c1ccccc1. The zero-order chi connectivity index (χ0) is 12.1. The molecule has 88 valence electrons. The van der Waals surface area contributed by atoms with Crippen LogP contribution in [0.5, 0.6) is 0 Å². The van der Waals surface area contributed by atoms with E-state index in [0.717, 1.165) is 5.56 Å². The molecule has 0 unspecified atom stereocenters. The van der Waals surface area contributed by atoms with Gasteiger partial charge in [0.15, 0.2) is 5.76 Å². The molecule has 0 fully saturated rings. The van der Waals surface area contributed by atoms with Gasteiger partial charge in [0.1, 0.15) is 5.56 Å². The van der Waals surface area contributed by atoms with Crippen LogP contribution in [0.15, 0.2) is 41.1 Å². The first-order valence-electron chi connectivity index (χ1n) is 5.22. The summed E-state index contributed by atoms with van der Waals surface area (Å²) in [6, 6.07) is 9.26. The Hall–Kier alpha value is -2.14. The molecule has 17 heavy (non-hydrogen) atoms. The summed E-state index contributed by atoms with van der Waals surface area (Å²) < 4.78 is 5.08. The predicted octanol–water partition coefficient (Wildman–Crippen LogP) is 1.06. The molecule has 0 atom stereocenters. The number of benzene rings is 1.